The Morgan fingerprint density at radius 2 is 2.31 bits per heavy atom. The summed E-state index contributed by atoms with van der Waals surface area (Å²) in [6.07, 6.45) is 3.36. The maximum Gasteiger partial charge on any atom is 0.303 e. The topological polar surface area (TPSA) is 69.4 Å². The van der Waals surface area contributed by atoms with Gasteiger partial charge in [0.1, 0.15) is 11.9 Å². The molecule has 1 aliphatic carbocycles. The number of ether oxygens (including phenoxy) is 1. The fraction of sp³-hybridized carbons (Fsp3) is 0.500. The van der Waals surface area contributed by atoms with Crippen molar-refractivity contribution in [2.45, 2.75) is 30.6 Å². The van der Waals surface area contributed by atoms with Crippen LogP contribution < -0.4 is 0 Å². The van der Waals surface area contributed by atoms with Gasteiger partial charge in [-0.2, -0.15) is 0 Å². The van der Waals surface area contributed by atoms with Crippen molar-refractivity contribution in [2.24, 2.45) is 0 Å². The molecule has 0 aromatic heterocycles. The Kier molecular flexibility index (Phi) is 2.07. The highest BCUT2D eigenvalue weighted by Gasteiger charge is 2.47. The van der Waals surface area contributed by atoms with Gasteiger partial charge >= 0.3 is 5.03 Å². The highest BCUT2D eigenvalue weighted by Crippen LogP contribution is 2.47. The van der Waals surface area contributed by atoms with Crippen LogP contribution in [0.15, 0.2) is 22.4 Å². The van der Waals surface area contributed by atoms with Crippen molar-refractivity contribution in [2.75, 3.05) is 0 Å². The fourth-order valence-corrected chi connectivity index (χ4v) is 3.53. The zero-order valence-corrected chi connectivity index (χ0v) is 9.16. The summed E-state index contributed by atoms with van der Waals surface area (Å²) in [5, 5.41) is 10.6. The molecule has 2 aliphatic heterocycles. The summed E-state index contributed by atoms with van der Waals surface area (Å²) in [6, 6.07) is 0. The normalized spacial score (nSPS) is 32.0. The van der Waals surface area contributed by atoms with Crippen molar-refractivity contribution < 1.29 is 14.5 Å². The molecule has 2 atom stereocenters. The lowest BCUT2D eigenvalue weighted by molar-refractivity contribution is -0.410. The molecule has 3 rings (SSSR count). The van der Waals surface area contributed by atoms with Gasteiger partial charge in [0.05, 0.1) is 15.7 Å². The summed E-state index contributed by atoms with van der Waals surface area (Å²) < 4.78 is 5.60. The Hall–Kier alpha value is -1.30. The summed E-state index contributed by atoms with van der Waals surface area (Å²) in [5.41, 5.74) is 0.689. The number of nitro groups is 1. The molecule has 2 heterocycles. The molecule has 0 saturated carbocycles. The van der Waals surface area contributed by atoms with E-state index in [1.165, 1.54) is 6.08 Å². The second-order valence-electron chi connectivity index (χ2n) is 4.00. The first-order valence-electron chi connectivity index (χ1n) is 5.12. The second-order valence-corrected chi connectivity index (χ2v) is 5.16. The molecule has 0 N–H and O–H groups in total. The van der Waals surface area contributed by atoms with Crippen molar-refractivity contribution in [1.82, 2.24) is 0 Å². The Bertz CT molecular complexity index is 454. The molecule has 0 fully saturated rings. The van der Waals surface area contributed by atoms with E-state index in [4.69, 9.17) is 4.74 Å². The quantitative estimate of drug-likeness (QED) is 0.513. The molecule has 16 heavy (non-hydrogen) atoms. The molecule has 0 unspecified atom stereocenters. The highest BCUT2D eigenvalue weighted by atomic mass is 32.2. The molecule has 0 saturated heterocycles. The number of rotatable bonds is 1. The third kappa shape index (κ3) is 1.29. The van der Waals surface area contributed by atoms with Crippen molar-refractivity contribution in [3.8, 4) is 0 Å². The number of fused-ring (bicyclic) bond motifs is 2. The maximum atomic E-state index is 11.8. The third-order valence-electron chi connectivity index (χ3n) is 3.00. The minimum Gasteiger partial charge on any atom is -0.488 e. The van der Waals surface area contributed by atoms with Crippen molar-refractivity contribution in [3.05, 3.63) is 32.6 Å². The Morgan fingerprint density at radius 1 is 1.50 bits per heavy atom. The van der Waals surface area contributed by atoms with Crippen LogP contribution in [0.2, 0.25) is 0 Å². The molecule has 0 bridgehead atoms. The minimum absolute atomic E-state index is 0.0965. The van der Waals surface area contributed by atoms with Crippen molar-refractivity contribution >= 4 is 17.5 Å². The van der Waals surface area contributed by atoms with Gasteiger partial charge < -0.3 is 4.74 Å². The zero-order chi connectivity index (χ0) is 11.3. The van der Waals surface area contributed by atoms with Crippen LogP contribution in [-0.2, 0) is 9.53 Å². The van der Waals surface area contributed by atoms with Crippen LogP contribution in [0.4, 0.5) is 0 Å². The van der Waals surface area contributed by atoms with Crippen LogP contribution in [0.3, 0.4) is 0 Å². The zero-order valence-electron chi connectivity index (χ0n) is 8.34. The van der Waals surface area contributed by atoms with E-state index >= 15 is 0 Å². The monoisotopic (exact) mass is 239 g/mol. The fourth-order valence-electron chi connectivity index (χ4n) is 2.33. The second kappa shape index (κ2) is 3.35. The molecular formula is C10H9NO4S. The average molecular weight is 239 g/mol. The van der Waals surface area contributed by atoms with E-state index in [1.807, 2.05) is 0 Å². The molecule has 6 heteroatoms. The first-order chi connectivity index (χ1) is 7.66. The first-order valence-corrected chi connectivity index (χ1v) is 6.00. The molecule has 0 aromatic rings. The number of nitrogens with zero attached hydrogens (tertiary/aromatic N) is 1. The van der Waals surface area contributed by atoms with Crippen LogP contribution in [-0.4, -0.2) is 22.1 Å². The predicted molar refractivity (Wildman–Crippen MR) is 57.2 cm³/mol. The number of hydrogen-bond acceptors (Lipinski definition) is 5. The Balaban J connectivity index is 1.90. The van der Waals surface area contributed by atoms with Gasteiger partial charge in [-0.15, -0.1) is 0 Å². The van der Waals surface area contributed by atoms with Gasteiger partial charge in [0, 0.05) is 18.9 Å². The van der Waals surface area contributed by atoms with Crippen molar-refractivity contribution in [3.63, 3.8) is 0 Å². The number of allylic oxidation sites excluding steroid dienone is 1. The summed E-state index contributed by atoms with van der Waals surface area (Å²) in [4.78, 5) is 22.0. The molecule has 0 amide bonds. The predicted octanol–water partition coefficient (Wildman–Crippen LogP) is 1.63. The van der Waals surface area contributed by atoms with E-state index in [2.05, 4.69) is 0 Å². The molecule has 84 valence electrons. The number of hydrogen-bond donors (Lipinski definition) is 0. The number of carbonyl (C=O) groups excluding carboxylic acids is 1. The van der Waals surface area contributed by atoms with Crippen LogP contribution in [0.5, 0.6) is 0 Å². The summed E-state index contributed by atoms with van der Waals surface area (Å²) in [6.45, 7) is 0. The lowest BCUT2D eigenvalue weighted by Gasteiger charge is -2.12. The number of carbonyl (C=O) groups is 1. The third-order valence-corrected chi connectivity index (χ3v) is 4.29. The molecule has 5 nitrogen and oxygen atoms in total. The van der Waals surface area contributed by atoms with Gasteiger partial charge in [0.25, 0.3) is 0 Å². The van der Waals surface area contributed by atoms with Gasteiger partial charge in [0.15, 0.2) is 5.78 Å². The van der Waals surface area contributed by atoms with Gasteiger partial charge in [0.2, 0.25) is 0 Å². The van der Waals surface area contributed by atoms with Crippen molar-refractivity contribution in [1.29, 1.82) is 0 Å². The van der Waals surface area contributed by atoms with E-state index in [0.29, 0.717) is 12.0 Å². The SMILES string of the molecule is O=C1CCCC2=C1[C@@H]1SC([N+](=O)[O-])=C[C@@H]1O2. The van der Waals surface area contributed by atoms with E-state index < -0.39 is 4.92 Å². The van der Waals surface area contributed by atoms with Gasteiger partial charge in [-0.05, 0) is 18.2 Å². The van der Waals surface area contributed by atoms with Crippen LogP contribution >= 0.6 is 11.8 Å². The standard InChI is InChI=1S/C10H9NO4S/c12-5-2-1-3-6-9(5)10-7(15-6)4-8(16-10)11(13)14/h4,7,10H,1-3H2/t7-,10+/m0/s1. The molecule has 3 aliphatic rings. The van der Waals surface area contributed by atoms with Crippen LogP contribution in [0.25, 0.3) is 0 Å². The van der Waals surface area contributed by atoms with E-state index in [0.717, 1.165) is 30.4 Å². The van der Waals surface area contributed by atoms with E-state index in [1.54, 1.807) is 0 Å². The lowest BCUT2D eigenvalue weighted by atomic mass is 9.94. The molecule has 0 spiro atoms. The number of Topliss-reactive ketones (excluding diaryl/α,β-unsaturated/α-hetero) is 1. The summed E-state index contributed by atoms with van der Waals surface area (Å²) in [7, 11) is 0. The molecular weight excluding hydrogens is 230 g/mol. The summed E-state index contributed by atoms with van der Waals surface area (Å²) in [5.74, 6) is 0.858. The largest absolute Gasteiger partial charge is 0.488 e. The van der Waals surface area contributed by atoms with Gasteiger partial charge in [-0.1, -0.05) is 0 Å². The van der Waals surface area contributed by atoms with Crippen LogP contribution in [0.1, 0.15) is 19.3 Å². The lowest BCUT2D eigenvalue weighted by Crippen LogP contribution is -2.19. The average Bonchev–Trinajstić information content (AvgIpc) is 2.73. The maximum absolute atomic E-state index is 11.8. The van der Waals surface area contributed by atoms with Gasteiger partial charge in [-0.3, -0.25) is 14.9 Å². The minimum atomic E-state index is -0.417. The number of ketones is 1. The van der Waals surface area contributed by atoms with Gasteiger partial charge in [-0.25, -0.2) is 0 Å². The molecule has 0 radical (unpaired) electrons. The number of thioether (sulfide) groups is 1. The first kappa shape index (κ1) is 9.89. The Labute approximate surface area is 95.7 Å². The summed E-state index contributed by atoms with van der Waals surface area (Å²) >= 11 is 1.14. The van der Waals surface area contributed by atoms with Crippen LogP contribution in [0, 0.1) is 10.1 Å². The smallest absolute Gasteiger partial charge is 0.303 e. The molecule has 0 aromatic carbocycles. The van der Waals surface area contributed by atoms with E-state index in [9.17, 15) is 14.9 Å². The highest BCUT2D eigenvalue weighted by molar-refractivity contribution is 8.04. The Morgan fingerprint density at radius 3 is 3.06 bits per heavy atom. The van der Waals surface area contributed by atoms with E-state index in [-0.39, 0.29) is 22.2 Å².